The molecule has 0 spiro atoms. The molecule has 1 aliphatic carbocycles. The lowest BCUT2D eigenvalue weighted by molar-refractivity contribution is 0.0999. The number of nitrogens with zero attached hydrogens (tertiary/aromatic N) is 6. The Bertz CT molecular complexity index is 1960. The van der Waals surface area contributed by atoms with Gasteiger partial charge in [-0.3, -0.25) is 14.2 Å². The van der Waals surface area contributed by atoms with E-state index in [-0.39, 0.29) is 5.56 Å². The van der Waals surface area contributed by atoms with Crippen LogP contribution in [0, 0.1) is 5.82 Å². The van der Waals surface area contributed by atoms with Crippen LogP contribution in [0.4, 0.5) is 10.2 Å². The summed E-state index contributed by atoms with van der Waals surface area (Å²) in [5, 5.41) is 4.32. The zero-order valence-corrected chi connectivity index (χ0v) is 21.7. The molecule has 41 heavy (non-hydrogen) atoms. The van der Waals surface area contributed by atoms with Crippen molar-refractivity contribution in [2.24, 2.45) is 5.73 Å². The van der Waals surface area contributed by atoms with E-state index in [2.05, 4.69) is 32.8 Å². The van der Waals surface area contributed by atoms with Crippen molar-refractivity contribution in [3.8, 4) is 22.9 Å². The summed E-state index contributed by atoms with van der Waals surface area (Å²) < 4.78 is 16.2. The Morgan fingerprint density at radius 3 is 2.61 bits per heavy atom. The minimum atomic E-state index is -1.01. The number of aromatic nitrogens is 7. The van der Waals surface area contributed by atoms with Crippen molar-refractivity contribution in [2.45, 2.75) is 19.3 Å². The molecule has 1 amide bonds. The standard InChI is InChI=1S/C23H19N7.C6H5FN2O2/c24-21-18(6-2-11-25-21)22-27-19-9-10-20(29-13-3-12-26-29)28-23(19)30(22)17-8-7-15-4-1-5-16(15)14-17;7-4-1-3(5(8)10)2-9-6(4)11/h2-3,6-14H,1,4-5H2,(H2,24,25);1-2H,(H2,8,10)(H,9,11). The molecule has 5 aromatic heterocycles. The predicted octanol–water partition coefficient (Wildman–Crippen LogP) is 3.35. The lowest BCUT2D eigenvalue weighted by atomic mass is 10.1. The molecule has 204 valence electrons. The Hall–Kier alpha value is -5.65. The average Bonchev–Trinajstić information content (AvgIpc) is 3.74. The second-order valence-electron chi connectivity index (χ2n) is 9.41. The maximum Gasteiger partial charge on any atom is 0.283 e. The van der Waals surface area contributed by atoms with Gasteiger partial charge in [-0.2, -0.15) is 5.10 Å². The molecule has 5 N–H and O–H groups in total. The fourth-order valence-electron chi connectivity index (χ4n) is 4.81. The summed E-state index contributed by atoms with van der Waals surface area (Å²) in [6.45, 7) is 0. The maximum atomic E-state index is 12.4. The Morgan fingerprint density at radius 1 is 1.00 bits per heavy atom. The molecule has 0 saturated carbocycles. The maximum absolute atomic E-state index is 12.4. The highest BCUT2D eigenvalue weighted by molar-refractivity contribution is 5.92. The minimum absolute atomic E-state index is 0.0536. The number of aryl methyl sites for hydroxylation is 2. The summed E-state index contributed by atoms with van der Waals surface area (Å²) in [5.41, 5.74) is 16.3. The van der Waals surface area contributed by atoms with E-state index in [4.69, 9.17) is 21.4 Å². The first-order chi connectivity index (χ1) is 19.9. The number of primary amides is 1. The Kier molecular flexibility index (Phi) is 6.55. The van der Waals surface area contributed by atoms with Crippen molar-refractivity contribution in [1.29, 1.82) is 0 Å². The van der Waals surface area contributed by atoms with Crippen LogP contribution in [0.15, 0.2) is 84.2 Å². The molecule has 0 atom stereocenters. The van der Waals surface area contributed by atoms with Gasteiger partial charge in [-0.05, 0) is 78.9 Å². The summed E-state index contributed by atoms with van der Waals surface area (Å²) >= 11 is 0. The van der Waals surface area contributed by atoms with Crippen LogP contribution in [0.25, 0.3) is 34.1 Å². The van der Waals surface area contributed by atoms with Gasteiger partial charge in [0.05, 0.1) is 11.1 Å². The number of nitrogen functional groups attached to an aromatic ring is 1. The number of pyridine rings is 3. The van der Waals surface area contributed by atoms with E-state index in [1.54, 1.807) is 17.1 Å². The van der Waals surface area contributed by atoms with Crippen LogP contribution in [0.3, 0.4) is 0 Å². The minimum Gasteiger partial charge on any atom is -0.383 e. The largest absolute Gasteiger partial charge is 0.383 e. The number of rotatable bonds is 4. The van der Waals surface area contributed by atoms with Gasteiger partial charge in [0, 0.05) is 30.5 Å². The normalized spacial score (nSPS) is 12.1. The van der Waals surface area contributed by atoms with Crippen molar-refractivity contribution in [3.63, 3.8) is 0 Å². The van der Waals surface area contributed by atoms with Gasteiger partial charge in [-0.1, -0.05) is 6.07 Å². The fourth-order valence-corrected chi connectivity index (χ4v) is 4.81. The number of benzene rings is 1. The highest BCUT2D eigenvalue weighted by atomic mass is 19.1. The summed E-state index contributed by atoms with van der Waals surface area (Å²) in [6.07, 6.45) is 9.82. The van der Waals surface area contributed by atoms with Crippen molar-refractivity contribution in [1.82, 2.24) is 34.3 Å². The van der Waals surface area contributed by atoms with E-state index < -0.39 is 17.3 Å². The first-order valence-corrected chi connectivity index (χ1v) is 12.8. The third-order valence-corrected chi connectivity index (χ3v) is 6.79. The average molecular weight is 550 g/mol. The number of nitrogens with one attached hydrogen (secondary N) is 1. The predicted molar refractivity (Wildman–Crippen MR) is 151 cm³/mol. The zero-order valence-electron chi connectivity index (χ0n) is 21.7. The number of imidazole rings is 1. The van der Waals surface area contributed by atoms with Crippen LogP contribution in [0.1, 0.15) is 27.9 Å². The summed E-state index contributed by atoms with van der Waals surface area (Å²) in [7, 11) is 0. The van der Waals surface area contributed by atoms with Crippen molar-refractivity contribution in [2.75, 3.05) is 5.73 Å². The Morgan fingerprint density at radius 2 is 1.85 bits per heavy atom. The van der Waals surface area contributed by atoms with E-state index in [0.717, 1.165) is 59.2 Å². The van der Waals surface area contributed by atoms with Gasteiger partial charge in [0.25, 0.3) is 5.56 Å². The van der Waals surface area contributed by atoms with Crippen LogP contribution < -0.4 is 17.0 Å². The Labute approximate surface area is 232 Å². The van der Waals surface area contributed by atoms with Gasteiger partial charge in [-0.15, -0.1) is 0 Å². The molecule has 12 heteroatoms. The van der Waals surface area contributed by atoms with E-state index in [1.807, 2.05) is 41.5 Å². The second-order valence-corrected chi connectivity index (χ2v) is 9.41. The molecule has 6 aromatic rings. The quantitative estimate of drug-likeness (QED) is 0.303. The van der Waals surface area contributed by atoms with E-state index >= 15 is 0 Å². The highest BCUT2D eigenvalue weighted by Gasteiger charge is 2.20. The number of carbonyl (C=O) groups excluding carboxylic acids is 1. The number of carbonyl (C=O) groups is 1. The topological polar surface area (TPSA) is 163 Å². The SMILES string of the molecule is NC(=O)c1c[nH]c(=O)c(F)c1.Nc1ncccc1-c1nc2ccc(-n3cccn3)nc2n1-c1ccc2c(c1)CCC2. The molecule has 0 saturated heterocycles. The summed E-state index contributed by atoms with van der Waals surface area (Å²) in [4.78, 5) is 36.9. The molecule has 0 unspecified atom stereocenters. The fraction of sp³-hybridized carbons (Fsp3) is 0.103. The van der Waals surface area contributed by atoms with Gasteiger partial charge in [0.15, 0.2) is 23.1 Å². The molecule has 0 radical (unpaired) electrons. The van der Waals surface area contributed by atoms with Crippen molar-refractivity contribution >= 4 is 22.9 Å². The van der Waals surface area contributed by atoms with Gasteiger partial charge >= 0.3 is 0 Å². The number of H-pyrrole nitrogens is 1. The highest BCUT2D eigenvalue weighted by Crippen LogP contribution is 2.32. The van der Waals surface area contributed by atoms with Crippen molar-refractivity contribution < 1.29 is 9.18 Å². The lowest BCUT2D eigenvalue weighted by Gasteiger charge is -2.12. The molecule has 0 bridgehead atoms. The molecule has 1 aromatic carbocycles. The summed E-state index contributed by atoms with van der Waals surface area (Å²) in [5.74, 6) is 0.128. The number of halogens is 1. The van der Waals surface area contributed by atoms with Gasteiger partial charge in [0.2, 0.25) is 5.91 Å². The van der Waals surface area contributed by atoms with Crippen LogP contribution in [0.2, 0.25) is 0 Å². The molecule has 7 rings (SSSR count). The van der Waals surface area contributed by atoms with E-state index in [0.29, 0.717) is 5.82 Å². The van der Waals surface area contributed by atoms with Crippen LogP contribution in [-0.4, -0.2) is 40.2 Å². The third-order valence-electron chi connectivity index (χ3n) is 6.79. The zero-order chi connectivity index (χ0) is 28.5. The van der Waals surface area contributed by atoms with E-state index in [1.165, 1.54) is 17.5 Å². The lowest BCUT2D eigenvalue weighted by Crippen LogP contribution is -2.16. The molecular weight excluding hydrogens is 525 g/mol. The smallest absolute Gasteiger partial charge is 0.283 e. The molecule has 0 fully saturated rings. The third kappa shape index (κ3) is 4.93. The van der Waals surface area contributed by atoms with Crippen LogP contribution in [-0.2, 0) is 12.8 Å². The first kappa shape index (κ1) is 25.6. The van der Waals surface area contributed by atoms with Gasteiger partial charge in [-0.25, -0.2) is 24.0 Å². The van der Waals surface area contributed by atoms with Gasteiger partial charge < -0.3 is 16.5 Å². The number of hydrogen-bond donors (Lipinski definition) is 3. The monoisotopic (exact) mass is 549 g/mol. The number of amides is 1. The summed E-state index contributed by atoms with van der Waals surface area (Å²) in [6, 6.07) is 17.0. The second kappa shape index (κ2) is 10.5. The van der Waals surface area contributed by atoms with Crippen LogP contribution >= 0.6 is 0 Å². The number of anilines is 1. The number of fused-ring (bicyclic) bond motifs is 2. The van der Waals surface area contributed by atoms with Crippen LogP contribution in [0.5, 0.6) is 0 Å². The number of nitrogens with two attached hydrogens (primary N) is 2. The first-order valence-electron chi connectivity index (χ1n) is 12.8. The molecule has 5 heterocycles. The molecule has 11 nitrogen and oxygen atoms in total. The molecule has 1 aliphatic rings. The number of hydrogen-bond acceptors (Lipinski definition) is 7. The molecule has 0 aliphatic heterocycles. The van der Waals surface area contributed by atoms with Gasteiger partial charge in [0.1, 0.15) is 11.3 Å². The Balaban J connectivity index is 0.000000233. The number of aromatic amines is 1. The van der Waals surface area contributed by atoms with E-state index in [9.17, 15) is 14.0 Å². The molecular formula is C29H24FN9O2. The van der Waals surface area contributed by atoms with Crippen molar-refractivity contribution in [3.05, 3.63) is 112 Å².